The van der Waals surface area contributed by atoms with Crippen LogP contribution in [0.15, 0.2) is 24.3 Å². The van der Waals surface area contributed by atoms with Gasteiger partial charge in [-0.15, -0.1) is 0 Å². The van der Waals surface area contributed by atoms with Crippen molar-refractivity contribution in [2.75, 3.05) is 7.05 Å². The SMILES string of the molecule is CNC(C)CC(=O)NCc1cccc(Cl)c1. The van der Waals surface area contributed by atoms with E-state index in [0.717, 1.165) is 5.56 Å². The molecule has 0 aliphatic heterocycles. The topological polar surface area (TPSA) is 41.1 Å². The van der Waals surface area contributed by atoms with Crippen LogP contribution in [0.5, 0.6) is 0 Å². The maximum atomic E-state index is 11.5. The highest BCUT2D eigenvalue weighted by Crippen LogP contribution is 2.10. The lowest BCUT2D eigenvalue weighted by molar-refractivity contribution is -0.121. The lowest BCUT2D eigenvalue weighted by Crippen LogP contribution is -2.31. The van der Waals surface area contributed by atoms with Crippen molar-refractivity contribution in [3.8, 4) is 0 Å². The molecule has 88 valence electrons. The predicted octanol–water partition coefficient (Wildman–Crippen LogP) is 1.95. The van der Waals surface area contributed by atoms with E-state index >= 15 is 0 Å². The van der Waals surface area contributed by atoms with Gasteiger partial charge in [0.15, 0.2) is 0 Å². The Kier molecular flexibility index (Phi) is 5.29. The highest BCUT2D eigenvalue weighted by atomic mass is 35.5. The minimum atomic E-state index is 0.0434. The molecule has 4 heteroatoms. The first-order valence-electron chi connectivity index (χ1n) is 5.30. The number of carbonyl (C=O) groups excluding carboxylic acids is 1. The molecule has 0 fully saturated rings. The first-order valence-corrected chi connectivity index (χ1v) is 5.68. The smallest absolute Gasteiger partial charge is 0.221 e. The van der Waals surface area contributed by atoms with Crippen LogP contribution in [-0.4, -0.2) is 19.0 Å². The van der Waals surface area contributed by atoms with Gasteiger partial charge >= 0.3 is 0 Å². The summed E-state index contributed by atoms with van der Waals surface area (Å²) in [6.07, 6.45) is 0.483. The molecule has 0 radical (unpaired) electrons. The largest absolute Gasteiger partial charge is 0.352 e. The molecule has 0 heterocycles. The Morgan fingerprint density at radius 2 is 2.25 bits per heavy atom. The second-order valence-electron chi connectivity index (χ2n) is 3.80. The van der Waals surface area contributed by atoms with E-state index in [4.69, 9.17) is 11.6 Å². The van der Waals surface area contributed by atoms with Gasteiger partial charge in [-0.25, -0.2) is 0 Å². The molecule has 1 amide bonds. The molecule has 0 aliphatic rings. The molecule has 0 bridgehead atoms. The minimum absolute atomic E-state index is 0.0434. The highest BCUT2D eigenvalue weighted by Gasteiger charge is 2.06. The van der Waals surface area contributed by atoms with E-state index in [1.165, 1.54) is 0 Å². The maximum Gasteiger partial charge on any atom is 0.221 e. The molecule has 1 rings (SSSR count). The van der Waals surface area contributed by atoms with Gasteiger partial charge in [-0.05, 0) is 31.7 Å². The average molecular weight is 241 g/mol. The Bertz CT molecular complexity index is 355. The number of carbonyl (C=O) groups is 1. The lowest BCUT2D eigenvalue weighted by atomic mass is 10.2. The Morgan fingerprint density at radius 1 is 1.50 bits per heavy atom. The molecule has 2 N–H and O–H groups in total. The summed E-state index contributed by atoms with van der Waals surface area (Å²) in [7, 11) is 1.84. The third kappa shape index (κ3) is 4.64. The predicted molar refractivity (Wildman–Crippen MR) is 66.4 cm³/mol. The van der Waals surface area contributed by atoms with Crippen molar-refractivity contribution in [3.05, 3.63) is 34.9 Å². The minimum Gasteiger partial charge on any atom is -0.352 e. The Hall–Kier alpha value is -1.06. The van der Waals surface area contributed by atoms with Gasteiger partial charge in [-0.3, -0.25) is 4.79 Å². The molecule has 16 heavy (non-hydrogen) atoms. The number of hydrogen-bond acceptors (Lipinski definition) is 2. The van der Waals surface area contributed by atoms with Crippen LogP contribution >= 0.6 is 11.6 Å². The van der Waals surface area contributed by atoms with Gasteiger partial charge < -0.3 is 10.6 Å². The van der Waals surface area contributed by atoms with Gasteiger partial charge in [-0.1, -0.05) is 23.7 Å². The van der Waals surface area contributed by atoms with Gasteiger partial charge in [0.25, 0.3) is 0 Å². The summed E-state index contributed by atoms with van der Waals surface area (Å²) < 4.78 is 0. The molecule has 1 aromatic rings. The van der Waals surface area contributed by atoms with E-state index in [0.29, 0.717) is 18.0 Å². The first kappa shape index (κ1) is 13.0. The fourth-order valence-electron chi connectivity index (χ4n) is 1.30. The standard InChI is InChI=1S/C12H17ClN2O/c1-9(14-2)6-12(16)15-8-10-4-3-5-11(13)7-10/h3-5,7,9,14H,6,8H2,1-2H3,(H,15,16). The Labute approximate surface area is 101 Å². The zero-order chi connectivity index (χ0) is 12.0. The van der Waals surface area contributed by atoms with Crippen molar-refractivity contribution in [1.82, 2.24) is 10.6 Å². The van der Waals surface area contributed by atoms with Crippen molar-refractivity contribution < 1.29 is 4.79 Å². The number of hydrogen-bond donors (Lipinski definition) is 2. The Balaban J connectivity index is 2.37. The van der Waals surface area contributed by atoms with E-state index in [1.807, 2.05) is 38.2 Å². The molecule has 0 saturated carbocycles. The molecular formula is C12H17ClN2O. The summed E-state index contributed by atoms with van der Waals surface area (Å²) in [5.74, 6) is 0.0434. The van der Waals surface area contributed by atoms with E-state index < -0.39 is 0 Å². The molecule has 1 unspecified atom stereocenters. The molecule has 1 atom stereocenters. The quantitative estimate of drug-likeness (QED) is 0.826. The van der Waals surface area contributed by atoms with Gasteiger partial charge in [0, 0.05) is 24.0 Å². The molecule has 0 spiro atoms. The summed E-state index contributed by atoms with van der Waals surface area (Å²) in [5, 5.41) is 6.57. The number of rotatable bonds is 5. The Morgan fingerprint density at radius 3 is 2.88 bits per heavy atom. The summed E-state index contributed by atoms with van der Waals surface area (Å²) in [6.45, 7) is 2.49. The highest BCUT2D eigenvalue weighted by molar-refractivity contribution is 6.30. The number of nitrogens with one attached hydrogen (secondary N) is 2. The zero-order valence-corrected chi connectivity index (χ0v) is 10.3. The second-order valence-corrected chi connectivity index (χ2v) is 4.24. The average Bonchev–Trinajstić information content (AvgIpc) is 2.26. The third-order valence-electron chi connectivity index (χ3n) is 2.36. The van der Waals surface area contributed by atoms with Gasteiger partial charge in [0.1, 0.15) is 0 Å². The molecule has 3 nitrogen and oxygen atoms in total. The second kappa shape index (κ2) is 6.51. The summed E-state index contributed by atoms with van der Waals surface area (Å²) in [5.41, 5.74) is 1.01. The number of amides is 1. The van der Waals surface area contributed by atoms with Crippen molar-refractivity contribution in [2.45, 2.75) is 25.9 Å². The van der Waals surface area contributed by atoms with E-state index in [9.17, 15) is 4.79 Å². The molecule has 0 saturated heterocycles. The molecular weight excluding hydrogens is 224 g/mol. The van der Waals surface area contributed by atoms with Crippen LogP contribution in [0.2, 0.25) is 5.02 Å². The summed E-state index contributed by atoms with van der Waals surface area (Å²) in [4.78, 5) is 11.5. The van der Waals surface area contributed by atoms with Crippen LogP contribution < -0.4 is 10.6 Å². The van der Waals surface area contributed by atoms with Crippen LogP contribution in [0.4, 0.5) is 0 Å². The van der Waals surface area contributed by atoms with Crippen LogP contribution in [0.3, 0.4) is 0 Å². The summed E-state index contributed by atoms with van der Waals surface area (Å²) in [6, 6.07) is 7.67. The first-order chi connectivity index (χ1) is 7.61. The molecule has 1 aromatic carbocycles. The van der Waals surface area contributed by atoms with Gasteiger partial charge in [0.05, 0.1) is 0 Å². The number of benzene rings is 1. The monoisotopic (exact) mass is 240 g/mol. The normalized spacial score (nSPS) is 12.2. The maximum absolute atomic E-state index is 11.5. The number of halogens is 1. The fraction of sp³-hybridized carbons (Fsp3) is 0.417. The summed E-state index contributed by atoms with van der Waals surface area (Å²) >= 11 is 5.84. The van der Waals surface area contributed by atoms with Crippen molar-refractivity contribution in [1.29, 1.82) is 0 Å². The van der Waals surface area contributed by atoms with Crippen LogP contribution in [0.25, 0.3) is 0 Å². The van der Waals surface area contributed by atoms with Crippen LogP contribution in [-0.2, 0) is 11.3 Å². The molecule has 0 aromatic heterocycles. The lowest BCUT2D eigenvalue weighted by Gasteiger charge is -2.10. The van der Waals surface area contributed by atoms with E-state index in [2.05, 4.69) is 10.6 Å². The van der Waals surface area contributed by atoms with Gasteiger partial charge in [0.2, 0.25) is 5.91 Å². The zero-order valence-electron chi connectivity index (χ0n) is 9.59. The third-order valence-corrected chi connectivity index (χ3v) is 2.60. The van der Waals surface area contributed by atoms with Gasteiger partial charge in [-0.2, -0.15) is 0 Å². The van der Waals surface area contributed by atoms with Crippen molar-refractivity contribution >= 4 is 17.5 Å². The molecule has 0 aliphatic carbocycles. The van der Waals surface area contributed by atoms with Crippen molar-refractivity contribution in [2.24, 2.45) is 0 Å². The van der Waals surface area contributed by atoms with E-state index in [-0.39, 0.29) is 11.9 Å². The fourth-order valence-corrected chi connectivity index (χ4v) is 1.51. The van der Waals surface area contributed by atoms with Crippen LogP contribution in [0.1, 0.15) is 18.9 Å². The van der Waals surface area contributed by atoms with Crippen LogP contribution in [0, 0.1) is 0 Å². The van der Waals surface area contributed by atoms with Crippen molar-refractivity contribution in [3.63, 3.8) is 0 Å². The van der Waals surface area contributed by atoms with E-state index in [1.54, 1.807) is 0 Å².